The topological polar surface area (TPSA) is 81.8 Å². The van der Waals surface area contributed by atoms with Crippen LogP contribution in [0.3, 0.4) is 0 Å². The molecule has 5 nitrogen and oxygen atoms in total. The van der Waals surface area contributed by atoms with E-state index in [9.17, 15) is 4.79 Å². The third kappa shape index (κ3) is 3.52. The lowest BCUT2D eigenvalue weighted by molar-refractivity contribution is -0.137. The van der Waals surface area contributed by atoms with Crippen LogP contribution in [0.15, 0.2) is 6.07 Å². The van der Waals surface area contributed by atoms with Crippen LogP contribution in [0.25, 0.3) is 0 Å². The Hall–Kier alpha value is -1.46. The van der Waals surface area contributed by atoms with Gasteiger partial charge in [0.1, 0.15) is 0 Å². The standard InChI is InChI=1S/C13H18ClNO4/c1-7-6-9(18-2)13(19-3)11(12(7)14)8(15)4-5-10(16)17/h6,8H,4-5,15H2,1-3H3,(H,16,17). The molecule has 1 aromatic carbocycles. The SMILES string of the molecule is COc1cc(C)c(Cl)c(C(N)CCC(=O)O)c1OC. The van der Waals surface area contributed by atoms with Gasteiger partial charge in [-0.25, -0.2) is 0 Å². The van der Waals surface area contributed by atoms with Gasteiger partial charge in [-0.15, -0.1) is 0 Å². The van der Waals surface area contributed by atoms with Gasteiger partial charge in [0.15, 0.2) is 11.5 Å². The van der Waals surface area contributed by atoms with Gasteiger partial charge >= 0.3 is 5.97 Å². The van der Waals surface area contributed by atoms with E-state index >= 15 is 0 Å². The fraction of sp³-hybridized carbons (Fsp3) is 0.462. The minimum atomic E-state index is -0.898. The van der Waals surface area contributed by atoms with Gasteiger partial charge in [0.2, 0.25) is 0 Å². The number of carboxylic acids is 1. The number of hydrogen-bond acceptors (Lipinski definition) is 4. The Morgan fingerprint density at radius 2 is 2.11 bits per heavy atom. The minimum absolute atomic E-state index is 0.0308. The second-order valence-corrected chi connectivity index (χ2v) is 4.57. The van der Waals surface area contributed by atoms with Crippen LogP contribution in [0.1, 0.15) is 30.0 Å². The Bertz CT molecular complexity index is 476. The molecular formula is C13H18ClNO4. The third-order valence-electron chi connectivity index (χ3n) is 2.86. The number of carbonyl (C=O) groups is 1. The maximum atomic E-state index is 10.6. The van der Waals surface area contributed by atoms with Gasteiger partial charge in [0, 0.05) is 18.0 Å². The number of carboxylic acid groups (broad SMARTS) is 1. The van der Waals surface area contributed by atoms with Gasteiger partial charge in [-0.05, 0) is 25.0 Å². The average Bonchev–Trinajstić information content (AvgIpc) is 2.38. The fourth-order valence-corrected chi connectivity index (χ4v) is 2.17. The molecule has 3 N–H and O–H groups in total. The molecule has 0 aliphatic carbocycles. The molecule has 0 radical (unpaired) electrons. The van der Waals surface area contributed by atoms with Crippen molar-refractivity contribution in [3.63, 3.8) is 0 Å². The maximum Gasteiger partial charge on any atom is 0.303 e. The first kappa shape index (κ1) is 15.6. The monoisotopic (exact) mass is 287 g/mol. The highest BCUT2D eigenvalue weighted by molar-refractivity contribution is 6.32. The van der Waals surface area contributed by atoms with Crippen LogP contribution in [0.4, 0.5) is 0 Å². The van der Waals surface area contributed by atoms with Crippen molar-refractivity contribution in [3.8, 4) is 11.5 Å². The number of ether oxygens (including phenoxy) is 2. The van der Waals surface area contributed by atoms with E-state index in [-0.39, 0.29) is 12.8 Å². The van der Waals surface area contributed by atoms with Gasteiger partial charge in [-0.1, -0.05) is 11.6 Å². The Morgan fingerprint density at radius 3 is 2.58 bits per heavy atom. The minimum Gasteiger partial charge on any atom is -0.493 e. The van der Waals surface area contributed by atoms with Crippen LogP contribution in [-0.4, -0.2) is 25.3 Å². The Balaban J connectivity index is 3.22. The van der Waals surface area contributed by atoms with E-state index in [1.807, 2.05) is 6.92 Å². The van der Waals surface area contributed by atoms with E-state index in [4.69, 9.17) is 31.9 Å². The van der Waals surface area contributed by atoms with E-state index in [0.29, 0.717) is 22.1 Å². The molecule has 1 rings (SSSR count). The fourth-order valence-electron chi connectivity index (χ4n) is 1.89. The second kappa shape index (κ2) is 6.63. The van der Waals surface area contributed by atoms with Crippen molar-refractivity contribution < 1.29 is 19.4 Å². The molecule has 0 amide bonds. The second-order valence-electron chi connectivity index (χ2n) is 4.20. The molecule has 0 fully saturated rings. The van der Waals surface area contributed by atoms with Crippen LogP contribution >= 0.6 is 11.6 Å². The molecular weight excluding hydrogens is 270 g/mol. The molecule has 0 aliphatic heterocycles. The van der Waals surface area contributed by atoms with Crippen LogP contribution in [0, 0.1) is 6.92 Å². The number of hydrogen-bond donors (Lipinski definition) is 2. The van der Waals surface area contributed by atoms with Crippen molar-refractivity contribution in [2.24, 2.45) is 5.73 Å². The Kier molecular flexibility index (Phi) is 5.44. The molecule has 19 heavy (non-hydrogen) atoms. The van der Waals surface area contributed by atoms with Crippen molar-refractivity contribution in [2.45, 2.75) is 25.8 Å². The summed E-state index contributed by atoms with van der Waals surface area (Å²) in [5.74, 6) is 0.0892. The number of aliphatic carboxylic acids is 1. The Labute approximate surface area is 117 Å². The molecule has 1 atom stereocenters. The highest BCUT2D eigenvalue weighted by atomic mass is 35.5. The van der Waals surface area contributed by atoms with Crippen LogP contribution in [0.2, 0.25) is 5.02 Å². The van der Waals surface area contributed by atoms with Crippen molar-refractivity contribution in [3.05, 3.63) is 22.2 Å². The summed E-state index contributed by atoms with van der Waals surface area (Å²) in [4.78, 5) is 10.6. The largest absolute Gasteiger partial charge is 0.493 e. The number of aryl methyl sites for hydroxylation is 1. The molecule has 0 spiro atoms. The number of nitrogens with two attached hydrogens (primary N) is 1. The summed E-state index contributed by atoms with van der Waals surface area (Å²) in [6, 6.07) is 1.24. The predicted octanol–water partition coefficient (Wildman–Crippen LogP) is 2.53. The first-order valence-corrected chi connectivity index (χ1v) is 6.18. The summed E-state index contributed by atoms with van der Waals surface area (Å²) in [5.41, 5.74) is 7.42. The van der Waals surface area contributed by atoms with Gasteiger partial charge in [-0.3, -0.25) is 4.79 Å². The summed E-state index contributed by atoms with van der Waals surface area (Å²) in [5, 5.41) is 9.20. The number of rotatable bonds is 6. The van der Waals surface area contributed by atoms with Gasteiger partial charge in [0.05, 0.1) is 19.2 Å². The number of benzene rings is 1. The zero-order valence-electron chi connectivity index (χ0n) is 11.2. The molecule has 6 heteroatoms. The van der Waals surface area contributed by atoms with Crippen LogP contribution in [0.5, 0.6) is 11.5 Å². The summed E-state index contributed by atoms with van der Waals surface area (Å²) in [6.07, 6.45) is 0.245. The molecule has 0 heterocycles. The van der Waals surface area contributed by atoms with E-state index in [1.54, 1.807) is 6.07 Å². The lowest BCUT2D eigenvalue weighted by atomic mass is 9.99. The van der Waals surface area contributed by atoms with E-state index in [2.05, 4.69) is 0 Å². The summed E-state index contributed by atoms with van der Waals surface area (Å²) >= 11 is 6.25. The lowest BCUT2D eigenvalue weighted by Gasteiger charge is -2.20. The van der Waals surface area contributed by atoms with E-state index < -0.39 is 12.0 Å². The highest BCUT2D eigenvalue weighted by Gasteiger charge is 2.22. The van der Waals surface area contributed by atoms with Gasteiger partial charge in [-0.2, -0.15) is 0 Å². The van der Waals surface area contributed by atoms with E-state index in [0.717, 1.165) is 5.56 Å². The molecule has 0 bridgehead atoms. The third-order valence-corrected chi connectivity index (χ3v) is 3.36. The lowest BCUT2D eigenvalue weighted by Crippen LogP contribution is -2.15. The number of halogens is 1. The highest BCUT2D eigenvalue weighted by Crippen LogP contribution is 2.42. The smallest absolute Gasteiger partial charge is 0.303 e. The first-order chi connectivity index (χ1) is 8.92. The van der Waals surface area contributed by atoms with Crippen LogP contribution < -0.4 is 15.2 Å². The summed E-state index contributed by atoms with van der Waals surface area (Å²) in [7, 11) is 3.02. The number of methoxy groups -OCH3 is 2. The van der Waals surface area contributed by atoms with E-state index in [1.165, 1.54) is 14.2 Å². The molecule has 106 valence electrons. The molecule has 0 aliphatic rings. The van der Waals surface area contributed by atoms with Gasteiger partial charge in [0.25, 0.3) is 0 Å². The van der Waals surface area contributed by atoms with Crippen LogP contribution in [-0.2, 0) is 4.79 Å². The molecule has 1 unspecified atom stereocenters. The predicted molar refractivity (Wildman–Crippen MR) is 73.1 cm³/mol. The zero-order chi connectivity index (χ0) is 14.6. The van der Waals surface area contributed by atoms with Crippen molar-refractivity contribution in [1.29, 1.82) is 0 Å². The first-order valence-electron chi connectivity index (χ1n) is 5.80. The average molecular weight is 288 g/mol. The van der Waals surface area contributed by atoms with Gasteiger partial charge < -0.3 is 20.3 Å². The summed E-state index contributed by atoms with van der Waals surface area (Å²) < 4.78 is 10.5. The zero-order valence-corrected chi connectivity index (χ0v) is 12.0. The van der Waals surface area contributed by atoms with Crippen molar-refractivity contribution in [1.82, 2.24) is 0 Å². The normalized spacial score (nSPS) is 12.1. The summed E-state index contributed by atoms with van der Waals surface area (Å²) in [6.45, 7) is 1.83. The molecule has 0 saturated heterocycles. The van der Waals surface area contributed by atoms with Crippen molar-refractivity contribution in [2.75, 3.05) is 14.2 Å². The molecule has 1 aromatic rings. The Morgan fingerprint density at radius 1 is 1.47 bits per heavy atom. The van der Waals surface area contributed by atoms with Crippen molar-refractivity contribution >= 4 is 17.6 Å². The quantitative estimate of drug-likeness (QED) is 0.840. The molecule has 0 saturated carbocycles. The molecule has 0 aromatic heterocycles. The maximum absolute atomic E-state index is 10.6.